The average molecular weight is 373 g/mol. The average Bonchev–Trinajstić information content (AvgIpc) is 3.32. The Labute approximate surface area is 160 Å². The van der Waals surface area contributed by atoms with Crippen molar-refractivity contribution in [2.45, 2.75) is 12.8 Å². The Hall–Kier alpha value is -2.50. The molecule has 0 heterocycles. The van der Waals surface area contributed by atoms with E-state index in [9.17, 15) is 9.59 Å². The number of carbonyl (C=O) groups is 2. The number of nitrogens with zero attached hydrogens (tertiary/aromatic N) is 1. The first kappa shape index (κ1) is 19.3. The number of likely N-dealkylation sites (N-methyl/N-ethyl adjacent to an activating group) is 1. The molecule has 0 unspecified atom stereocenters. The highest BCUT2D eigenvalue weighted by atomic mass is 16.5. The molecule has 6 heteroatoms. The van der Waals surface area contributed by atoms with Crippen LogP contribution in [0.15, 0.2) is 30.4 Å². The van der Waals surface area contributed by atoms with Crippen molar-refractivity contribution in [2.75, 3.05) is 34.9 Å². The maximum Gasteiger partial charge on any atom is 0.310 e. The molecule has 1 amide bonds. The number of esters is 1. The maximum atomic E-state index is 13.1. The normalized spacial score (nSPS) is 25.3. The fraction of sp³-hybridized carbons (Fsp3) is 0.524. The maximum absolute atomic E-state index is 13.1. The number of hydrogen-bond acceptors (Lipinski definition) is 5. The van der Waals surface area contributed by atoms with Gasteiger partial charge < -0.3 is 19.1 Å². The summed E-state index contributed by atoms with van der Waals surface area (Å²) in [5.41, 5.74) is 1.06. The number of carbonyl (C=O) groups excluding carboxylic acids is 2. The molecule has 0 aromatic heterocycles. The van der Waals surface area contributed by atoms with E-state index in [-0.39, 0.29) is 35.5 Å². The van der Waals surface area contributed by atoms with Crippen LogP contribution in [0.5, 0.6) is 11.5 Å². The van der Waals surface area contributed by atoms with Gasteiger partial charge in [-0.2, -0.15) is 0 Å². The minimum Gasteiger partial charge on any atom is -0.493 e. The summed E-state index contributed by atoms with van der Waals surface area (Å²) in [5.74, 6) is 0.671. The zero-order chi connectivity index (χ0) is 19.6. The van der Waals surface area contributed by atoms with E-state index < -0.39 is 0 Å². The quantitative estimate of drug-likeness (QED) is 0.542. The molecule has 0 N–H and O–H groups in total. The second-order valence-electron chi connectivity index (χ2n) is 7.22. The van der Waals surface area contributed by atoms with Gasteiger partial charge in [0.25, 0.3) is 0 Å². The highest BCUT2D eigenvalue weighted by Gasteiger charge is 2.52. The molecule has 3 rings (SSSR count). The molecule has 2 bridgehead atoms. The van der Waals surface area contributed by atoms with E-state index in [2.05, 4.69) is 12.2 Å². The van der Waals surface area contributed by atoms with Crippen LogP contribution in [0.4, 0.5) is 0 Å². The molecule has 2 aliphatic carbocycles. The summed E-state index contributed by atoms with van der Waals surface area (Å²) in [6.07, 6.45) is 5.69. The van der Waals surface area contributed by atoms with Crippen LogP contribution in [0.2, 0.25) is 0 Å². The van der Waals surface area contributed by atoms with Crippen molar-refractivity contribution >= 4 is 11.9 Å². The third-order valence-corrected chi connectivity index (χ3v) is 5.78. The number of methoxy groups -OCH3 is 3. The minimum atomic E-state index is -0.360. The summed E-state index contributed by atoms with van der Waals surface area (Å²) >= 11 is 0. The minimum absolute atomic E-state index is 0.0164. The van der Waals surface area contributed by atoms with Gasteiger partial charge in [-0.1, -0.05) is 18.2 Å². The number of rotatable bonds is 7. The van der Waals surface area contributed by atoms with Crippen LogP contribution in [-0.4, -0.2) is 51.7 Å². The molecule has 1 fully saturated rings. The van der Waals surface area contributed by atoms with E-state index in [0.717, 1.165) is 12.0 Å². The number of fused-ring (bicyclic) bond motifs is 2. The molecule has 0 spiro atoms. The first-order chi connectivity index (χ1) is 13.0. The van der Waals surface area contributed by atoms with Gasteiger partial charge in [0.15, 0.2) is 11.5 Å². The molecule has 0 radical (unpaired) electrons. The highest BCUT2D eigenvalue weighted by Crippen LogP contribution is 2.49. The van der Waals surface area contributed by atoms with Crippen LogP contribution < -0.4 is 9.47 Å². The molecule has 1 saturated carbocycles. The van der Waals surface area contributed by atoms with E-state index in [1.165, 1.54) is 7.11 Å². The summed E-state index contributed by atoms with van der Waals surface area (Å²) in [4.78, 5) is 27.0. The second-order valence-corrected chi connectivity index (χ2v) is 7.22. The van der Waals surface area contributed by atoms with Crippen LogP contribution in [0.25, 0.3) is 0 Å². The molecule has 4 atom stereocenters. The summed E-state index contributed by atoms with van der Waals surface area (Å²) in [6.45, 7) is 0.569. The molecule has 146 valence electrons. The third-order valence-electron chi connectivity index (χ3n) is 5.78. The predicted octanol–water partition coefficient (Wildman–Crippen LogP) is 2.32. The third kappa shape index (κ3) is 3.66. The van der Waals surface area contributed by atoms with E-state index >= 15 is 0 Å². The largest absolute Gasteiger partial charge is 0.493 e. The van der Waals surface area contributed by atoms with E-state index in [1.807, 2.05) is 18.2 Å². The van der Waals surface area contributed by atoms with Crippen molar-refractivity contribution in [3.8, 4) is 11.5 Å². The van der Waals surface area contributed by atoms with Gasteiger partial charge in [-0.25, -0.2) is 0 Å². The van der Waals surface area contributed by atoms with Crippen molar-refractivity contribution in [2.24, 2.45) is 23.7 Å². The monoisotopic (exact) mass is 373 g/mol. The second kappa shape index (κ2) is 8.03. The lowest BCUT2D eigenvalue weighted by molar-refractivity contribution is -0.153. The highest BCUT2D eigenvalue weighted by molar-refractivity contribution is 5.87. The predicted molar refractivity (Wildman–Crippen MR) is 101 cm³/mol. The smallest absolute Gasteiger partial charge is 0.310 e. The fourth-order valence-corrected chi connectivity index (χ4v) is 4.31. The first-order valence-electron chi connectivity index (χ1n) is 9.22. The standard InChI is InChI=1S/C21H27NO5/c1-22(10-9-13-5-8-16(25-2)17(11-13)26-3)20(23)18-14-6-7-15(12-14)19(18)21(24)27-4/h5-8,11,14-15,18-19H,9-10,12H2,1-4H3/t14-,15+,18-,19+/m1/s1. The van der Waals surface area contributed by atoms with Crippen molar-refractivity contribution in [1.82, 2.24) is 4.90 Å². The van der Waals surface area contributed by atoms with Crippen LogP contribution >= 0.6 is 0 Å². The Morgan fingerprint density at radius 1 is 1.04 bits per heavy atom. The van der Waals surface area contributed by atoms with Gasteiger partial charge in [-0.05, 0) is 42.4 Å². The number of amides is 1. The van der Waals surface area contributed by atoms with Crippen molar-refractivity contribution in [3.63, 3.8) is 0 Å². The van der Waals surface area contributed by atoms with Crippen molar-refractivity contribution in [3.05, 3.63) is 35.9 Å². The molecule has 0 aliphatic heterocycles. The Morgan fingerprint density at radius 3 is 2.33 bits per heavy atom. The van der Waals surface area contributed by atoms with Gasteiger partial charge in [0, 0.05) is 13.6 Å². The molecule has 6 nitrogen and oxygen atoms in total. The summed E-state index contributed by atoms with van der Waals surface area (Å²) < 4.78 is 15.5. The summed E-state index contributed by atoms with van der Waals surface area (Å²) in [6, 6.07) is 5.76. The lowest BCUT2D eigenvalue weighted by atomic mass is 9.82. The Bertz CT molecular complexity index is 744. The lowest BCUT2D eigenvalue weighted by Gasteiger charge is -2.29. The summed E-state index contributed by atoms with van der Waals surface area (Å²) in [7, 11) is 6.39. The molecule has 27 heavy (non-hydrogen) atoms. The zero-order valence-electron chi connectivity index (χ0n) is 16.3. The lowest BCUT2D eigenvalue weighted by Crippen LogP contribution is -2.42. The molecule has 0 saturated heterocycles. The molecular formula is C21H27NO5. The van der Waals surface area contributed by atoms with Crippen molar-refractivity contribution < 1.29 is 23.8 Å². The Morgan fingerprint density at radius 2 is 1.70 bits per heavy atom. The first-order valence-corrected chi connectivity index (χ1v) is 9.22. The molecular weight excluding hydrogens is 346 g/mol. The van der Waals surface area contributed by atoms with Crippen LogP contribution in [0.1, 0.15) is 12.0 Å². The number of hydrogen-bond donors (Lipinski definition) is 0. The van der Waals surface area contributed by atoms with E-state index in [0.29, 0.717) is 24.5 Å². The summed E-state index contributed by atoms with van der Waals surface area (Å²) in [5, 5.41) is 0. The SMILES string of the molecule is COC(=O)[C@@H]1[C@H](C(=O)N(C)CCc2ccc(OC)c(OC)c2)[C@@H]2C=C[C@H]1C2. The van der Waals surface area contributed by atoms with E-state index in [1.54, 1.807) is 26.2 Å². The molecule has 2 aliphatic rings. The Balaban J connectivity index is 1.66. The van der Waals surface area contributed by atoms with Crippen LogP contribution in [-0.2, 0) is 20.7 Å². The number of allylic oxidation sites excluding steroid dienone is 2. The fourth-order valence-electron chi connectivity index (χ4n) is 4.31. The van der Waals surface area contributed by atoms with Gasteiger partial charge >= 0.3 is 5.97 Å². The van der Waals surface area contributed by atoms with Gasteiger partial charge in [0.2, 0.25) is 5.91 Å². The molecule has 1 aromatic carbocycles. The van der Waals surface area contributed by atoms with Gasteiger partial charge in [-0.3, -0.25) is 9.59 Å². The topological polar surface area (TPSA) is 65.1 Å². The van der Waals surface area contributed by atoms with Crippen LogP contribution in [0, 0.1) is 23.7 Å². The van der Waals surface area contributed by atoms with E-state index in [4.69, 9.17) is 14.2 Å². The van der Waals surface area contributed by atoms with Crippen molar-refractivity contribution in [1.29, 1.82) is 0 Å². The van der Waals surface area contributed by atoms with Gasteiger partial charge in [0.05, 0.1) is 33.2 Å². The van der Waals surface area contributed by atoms with Gasteiger partial charge in [-0.15, -0.1) is 0 Å². The van der Waals surface area contributed by atoms with Gasteiger partial charge in [0.1, 0.15) is 0 Å². The molecule has 1 aromatic rings. The Kier molecular flexibility index (Phi) is 5.73. The zero-order valence-corrected chi connectivity index (χ0v) is 16.3. The number of ether oxygens (including phenoxy) is 3. The van der Waals surface area contributed by atoms with Crippen LogP contribution in [0.3, 0.4) is 0 Å². The number of benzene rings is 1.